The van der Waals surface area contributed by atoms with E-state index in [0.29, 0.717) is 30.1 Å². The third-order valence-corrected chi connectivity index (χ3v) is 5.55. The van der Waals surface area contributed by atoms with Crippen LogP contribution in [0.5, 0.6) is 0 Å². The maximum absolute atomic E-state index is 12.5. The van der Waals surface area contributed by atoms with Crippen LogP contribution in [0.15, 0.2) is 42.5 Å². The molecule has 7 heteroatoms. The van der Waals surface area contributed by atoms with Crippen molar-refractivity contribution in [3.63, 3.8) is 0 Å². The molecule has 144 valence electrons. The van der Waals surface area contributed by atoms with Crippen molar-refractivity contribution in [1.82, 2.24) is 19.5 Å². The van der Waals surface area contributed by atoms with Crippen LogP contribution in [0.3, 0.4) is 0 Å². The molecule has 0 atom stereocenters. The zero-order valence-corrected chi connectivity index (χ0v) is 15.8. The fraction of sp³-hybridized carbons (Fsp3) is 0.318. The summed E-state index contributed by atoms with van der Waals surface area (Å²) in [6, 6.07) is 15.3. The number of nitriles is 1. The van der Waals surface area contributed by atoms with E-state index in [1.165, 1.54) is 0 Å². The Morgan fingerprint density at radius 3 is 2.55 bits per heavy atom. The topological polar surface area (TPSA) is 91.4 Å². The number of rotatable bonds is 5. The second-order valence-electron chi connectivity index (χ2n) is 7.74. The van der Waals surface area contributed by atoms with Crippen LogP contribution in [0.4, 0.5) is 0 Å². The van der Waals surface area contributed by atoms with Crippen molar-refractivity contribution in [3.8, 4) is 17.3 Å². The van der Waals surface area contributed by atoms with E-state index in [2.05, 4.69) is 16.2 Å². The van der Waals surface area contributed by atoms with Crippen molar-refractivity contribution in [2.75, 3.05) is 13.1 Å². The number of benzene rings is 1. The Morgan fingerprint density at radius 1 is 1.10 bits per heavy atom. The minimum Gasteiger partial charge on any atom is -0.336 e. The molecule has 1 aromatic carbocycles. The van der Waals surface area contributed by atoms with Crippen LogP contribution in [0.2, 0.25) is 0 Å². The lowest BCUT2D eigenvalue weighted by Crippen LogP contribution is -2.49. The van der Waals surface area contributed by atoms with Gasteiger partial charge in [0, 0.05) is 30.1 Å². The van der Waals surface area contributed by atoms with Gasteiger partial charge in [0.05, 0.1) is 24.1 Å². The van der Waals surface area contributed by atoms with Crippen molar-refractivity contribution >= 4 is 17.3 Å². The first kappa shape index (κ1) is 17.6. The lowest BCUT2D eigenvalue weighted by molar-refractivity contribution is -0.119. The molecule has 1 saturated carbocycles. The van der Waals surface area contributed by atoms with Crippen molar-refractivity contribution < 1.29 is 9.59 Å². The van der Waals surface area contributed by atoms with Crippen LogP contribution in [0, 0.1) is 23.2 Å². The fourth-order valence-electron chi connectivity index (χ4n) is 3.64. The van der Waals surface area contributed by atoms with Gasteiger partial charge in [0.2, 0.25) is 0 Å². The van der Waals surface area contributed by atoms with Gasteiger partial charge in [0.25, 0.3) is 5.91 Å². The number of pyridine rings is 1. The number of likely N-dealkylation sites (tertiary alicyclic amines) is 1. The average molecular weight is 385 g/mol. The number of carbonyl (C=O) groups excluding carboxylic acids is 2. The summed E-state index contributed by atoms with van der Waals surface area (Å²) in [5.41, 5.74) is 3.07. The quantitative estimate of drug-likeness (QED) is 0.673. The Morgan fingerprint density at radius 2 is 1.86 bits per heavy atom. The number of hydrogen-bond acceptors (Lipinski definition) is 5. The van der Waals surface area contributed by atoms with Crippen LogP contribution in [0.25, 0.3) is 16.9 Å². The molecule has 2 fully saturated rings. The number of carbonyl (C=O) groups is 2. The van der Waals surface area contributed by atoms with E-state index >= 15 is 0 Å². The predicted molar refractivity (Wildman–Crippen MR) is 105 cm³/mol. The first-order valence-corrected chi connectivity index (χ1v) is 9.79. The molecule has 2 aliphatic rings. The van der Waals surface area contributed by atoms with Gasteiger partial charge in [-0.15, -0.1) is 0 Å². The molecule has 7 nitrogen and oxygen atoms in total. The number of Topliss-reactive ketones (excluding diaryl/α,β-unsaturated/α-hetero) is 1. The highest BCUT2D eigenvalue weighted by Crippen LogP contribution is 2.31. The third kappa shape index (κ3) is 3.27. The zero-order chi connectivity index (χ0) is 20.0. The van der Waals surface area contributed by atoms with E-state index in [9.17, 15) is 9.59 Å². The number of ketones is 1. The van der Waals surface area contributed by atoms with Crippen LogP contribution >= 0.6 is 0 Å². The molecule has 0 unspecified atom stereocenters. The third-order valence-electron chi connectivity index (χ3n) is 5.55. The summed E-state index contributed by atoms with van der Waals surface area (Å²) in [6.07, 6.45) is 2.24. The Labute approximate surface area is 167 Å². The number of aromatic nitrogens is 3. The first-order chi connectivity index (χ1) is 14.1. The molecule has 1 amide bonds. The molecule has 3 heterocycles. The summed E-state index contributed by atoms with van der Waals surface area (Å²) in [6.45, 7) is 0.995. The molecule has 0 N–H and O–H groups in total. The van der Waals surface area contributed by atoms with Gasteiger partial charge in [-0.05, 0) is 37.1 Å². The predicted octanol–water partition coefficient (Wildman–Crippen LogP) is 2.51. The second kappa shape index (κ2) is 6.82. The highest BCUT2D eigenvalue weighted by atomic mass is 16.2. The maximum Gasteiger partial charge on any atom is 0.253 e. The minimum absolute atomic E-state index is 0.0517. The zero-order valence-electron chi connectivity index (χ0n) is 15.8. The van der Waals surface area contributed by atoms with Crippen LogP contribution in [-0.4, -0.2) is 44.3 Å². The second-order valence-corrected chi connectivity index (χ2v) is 7.74. The number of nitrogens with zero attached hydrogens (tertiary/aromatic N) is 5. The van der Waals surface area contributed by atoms with Crippen LogP contribution < -0.4 is 0 Å². The van der Waals surface area contributed by atoms with Crippen LogP contribution in [0.1, 0.15) is 29.0 Å². The molecule has 3 aromatic rings. The van der Waals surface area contributed by atoms with Crippen molar-refractivity contribution in [3.05, 3.63) is 53.9 Å². The van der Waals surface area contributed by atoms with Gasteiger partial charge in [-0.3, -0.25) is 9.59 Å². The standard InChI is InChI=1S/C22H19N5O2/c23-11-14-12-26(13-14)22(29)17-8-4-15(5-9-17)18-2-1-3-21-24-20(25-27(18)21)10-19(28)16-6-7-16/h1-5,8-9,14,16H,6-7,10,12-13H2. The molecule has 0 spiro atoms. The fourth-order valence-corrected chi connectivity index (χ4v) is 3.64. The molecule has 1 saturated heterocycles. The normalized spacial score (nSPS) is 16.4. The molecular weight excluding hydrogens is 366 g/mol. The summed E-state index contributed by atoms with van der Waals surface area (Å²) in [7, 11) is 0. The molecule has 5 rings (SSSR count). The lowest BCUT2D eigenvalue weighted by atomic mass is 10.00. The number of hydrogen-bond donors (Lipinski definition) is 0. The monoisotopic (exact) mass is 385 g/mol. The van der Waals surface area contributed by atoms with Gasteiger partial charge in [-0.25, -0.2) is 9.50 Å². The van der Waals surface area contributed by atoms with Crippen molar-refractivity contribution in [1.29, 1.82) is 5.26 Å². The highest BCUT2D eigenvalue weighted by molar-refractivity contribution is 5.95. The molecule has 0 bridgehead atoms. The number of amides is 1. The maximum atomic E-state index is 12.5. The van der Waals surface area contributed by atoms with Gasteiger partial charge in [0.1, 0.15) is 5.78 Å². The SMILES string of the molecule is N#CC1CN(C(=O)c2ccc(-c3cccc4nc(CC(=O)C5CC5)nn34)cc2)C1. The molecule has 29 heavy (non-hydrogen) atoms. The van der Waals surface area contributed by atoms with Crippen LogP contribution in [-0.2, 0) is 11.2 Å². The number of fused-ring (bicyclic) bond motifs is 1. The molecule has 1 aliphatic carbocycles. The van der Waals surface area contributed by atoms with Gasteiger partial charge in [0.15, 0.2) is 11.5 Å². The van der Waals surface area contributed by atoms with E-state index in [4.69, 9.17) is 5.26 Å². The average Bonchev–Trinajstić information content (AvgIpc) is 3.47. The Hall–Kier alpha value is -3.53. The summed E-state index contributed by atoms with van der Waals surface area (Å²) < 4.78 is 1.75. The smallest absolute Gasteiger partial charge is 0.253 e. The first-order valence-electron chi connectivity index (χ1n) is 9.79. The van der Waals surface area contributed by atoms with E-state index in [-0.39, 0.29) is 29.9 Å². The minimum atomic E-state index is -0.0529. The van der Waals surface area contributed by atoms with Gasteiger partial charge >= 0.3 is 0 Å². The Kier molecular flexibility index (Phi) is 4.13. The Balaban J connectivity index is 1.38. The molecule has 2 aromatic heterocycles. The molecule has 1 aliphatic heterocycles. The summed E-state index contributed by atoms with van der Waals surface area (Å²) >= 11 is 0. The largest absolute Gasteiger partial charge is 0.336 e. The van der Waals surface area contributed by atoms with Gasteiger partial charge < -0.3 is 4.90 Å². The van der Waals surface area contributed by atoms with E-state index < -0.39 is 0 Å². The van der Waals surface area contributed by atoms with Crippen molar-refractivity contribution in [2.24, 2.45) is 11.8 Å². The van der Waals surface area contributed by atoms with Gasteiger partial charge in [-0.1, -0.05) is 18.2 Å². The van der Waals surface area contributed by atoms with Crippen molar-refractivity contribution in [2.45, 2.75) is 19.3 Å². The summed E-state index contributed by atoms with van der Waals surface area (Å²) in [5, 5.41) is 13.4. The molecular formula is C22H19N5O2. The van der Waals surface area contributed by atoms with Gasteiger partial charge in [-0.2, -0.15) is 10.4 Å². The lowest BCUT2D eigenvalue weighted by Gasteiger charge is -2.35. The highest BCUT2D eigenvalue weighted by Gasteiger charge is 2.31. The Bertz CT molecular complexity index is 1150. The summed E-state index contributed by atoms with van der Waals surface area (Å²) in [5.74, 6) is 0.856. The summed E-state index contributed by atoms with van der Waals surface area (Å²) in [4.78, 5) is 30.7. The van der Waals surface area contributed by atoms with E-state index in [1.807, 2.05) is 30.3 Å². The van der Waals surface area contributed by atoms with E-state index in [0.717, 1.165) is 24.1 Å². The van der Waals surface area contributed by atoms with E-state index in [1.54, 1.807) is 21.5 Å². The molecule has 0 radical (unpaired) electrons.